The maximum Gasteiger partial charge on any atom is 0.138 e. The van der Waals surface area contributed by atoms with E-state index in [1.54, 1.807) is 0 Å². The maximum atomic E-state index is 12.8. The van der Waals surface area contributed by atoms with E-state index in [0.717, 1.165) is 6.42 Å². The first kappa shape index (κ1) is 13.5. The molecular weight excluding hydrogens is 258 g/mol. The zero-order valence-corrected chi connectivity index (χ0v) is 12.6. The van der Waals surface area contributed by atoms with Gasteiger partial charge in [-0.15, -0.1) is 0 Å². The first-order valence-electron chi connectivity index (χ1n) is 8.60. The summed E-state index contributed by atoms with van der Waals surface area (Å²) in [5.41, 5.74) is 9.23. The lowest BCUT2D eigenvalue weighted by molar-refractivity contribution is -0.125. The first-order valence-corrected chi connectivity index (χ1v) is 8.60. The van der Waals surface area contributed by atoms with E-state index in [1.165, 1.54) is 49.7 Å². The van der Waals surface area contributed by atoms with Gasteiger partial charge in [0.15, 0.2) is 0 Å². The van der Waals surface area contributed by atoms with E-state index in [0.29, 0.717) is 23.5 Å². The number of benzene rings is 1. The number of rotatable bonds is 3. The number of ketones is 1. The smallest absolute Gasteiger partial charge is 0.138 e. The SMILES string of the molecule is NC1C2CCC(C2)C1C(=O)CC1CCCc2ccccc21. The summed E-state index contributed by atoms with van der Waals surface area (Å²) in [6.45, 7) is 0. The molecule has 2 nitrogen and oxygen atoms in total. The Labute approximate surface area is 127 Å². The molecule has 2 heteroatoms. The molecule has 2 N–H and O–H groups in total. The molecule has 0 heterocycles. The first-order chi connectivity index (χ1) is 10.2. The Kier molecular flexibility index (Phi) is 3.37. The van der Waals surface area contributed by atoms with Gasteiger partial charge in [-0.05, 0) is 67.4 Å². The Morgan fingerprint density at radius 2 is 1.95 bits per heavy atom. The van der Waals surface area contributed by atoms with Crippen LogP contribution in [0.25, 0.3) is 0 Å². The predicted octanol–water partition coefficient (Wildman–Crippen LogP) is 3.44. The molecule has 0 amide bonds. The fraction of sp³-hybridized carbons (Fsp3) is 0.632. The second-order valence-corrected chi connectivity index (χ2v) is 7.39. The molecule has 2 fully saturated rings. The Hall–Kier alpha value is -1.15. The Bertz CT molecular complexity index is 550. The molecule has 0 aromatic heterocycles. The zero-order valence-electron chi connectivity index (χ0n) is 12.6. The van der Waals surface area contributed by atoms with Crippen molar-refractivity contribution in [1.29, 1.82) is 0 Å². The van der Waals surface area contributed by atoms with Crippen LogP contribution >= 0.6 is 0 Å². The summed E-state index contributed by atoms with van der Waals surface area (Å²) in [5, 5.41) is 0. The van der Waals surface area contributed by atoms with Gasteiger partial charge in [-0.3, -0.25) is 4.79 Å². The van der Waals surface area contributed by atoms with E-state index in [4.69, 9.17) is 5.73 Å². The normalized spacial score (nSPS) is 37.5. The molecule has 2 bridgehead atoms. The van der Waals surface area contributed by atoms with Crippen molar-refractivity contribution in [3.8, 4) is 0 Å². The number of Topliss-reactive ketones (excluding diaryl/α,β-unsaturated/α-hetero) is 1. The van der Waals surface area contributed by atoms with Crippen LogP contribution in [0, 0.1) is 17.8 Å². The van der Waals surface area contributed by atoms with Gasteiger partial charge in [-0.2, -0.15) is 0 Å². The summed E-state index contributed by atoms with van der Waals surface area (Å²) >= 11 is 0. The molecule has 0 radical (unpaired) electrons. The maximum absolute atomic E-state index is 12.8. The number of carbonyl (C=O) groups is 1. The number of aryl methyl sites for hydroxylation is 1. The molecule has 21 heavy (non-hydrogen) atoms. The molecular formula is C19H25NO. The van der Waals surface area contributed by atoms with Gasteiger partial charge in [0.25, 0.3) is 0 Å². The van der Waals surface area contributed by atoms with E-state index in [2.05, 4.69) is 24.3 Å². The second kappa shape index (κ2) is 5.24. The van der Waals surface area contributed by atoms with E-state index >= 15 is 0 Å². The summed E-state index contributed by atoms with van der Waals surface area (Å²) in [6, 6.07) is 8.84. The van der Waals surface area contributed by atoms with Crippen molar-refractivity contribution in [2.24, 2.45) is 23.5 Å². The van der Waals surface area contributed by atoms with Crippen molar-refractivity contribution in [2.45, 2.75) is 56.9 Å². The van der Waals surface area contributed by atoms with Gasteiger partial charge in [0, 0.05) is 18.4 Å². The second-order valence-electron chi connectivity index (χ2n) is 7.39. The molecule has 5 atom stereocenters. The van der Waals surface area contributed by atoms with Crippen LogP contribution < -0.4 is 5.73 Å². The van der Waals surface area contributed by atoms with Gasteiger partial charge in [-0.25, -0.2) is 0 Å². The van der Waals surface area contributed by atoms with Crippen molar-refractivity contribution < 1.29 is 4.79 Å². The molecule has 3 aliphatic carbocycles. The monoisotopic (exact) mass is 283 g/mol. The van der Waals surface area contributed by atoms with Gasteiger partial charge in [-0.1, -0.05) is 24.3 Å². The van der Waals surface area contributed by atoms with E-state index in [9.17, 15) is 4.79 Å². The average Bonchev–Trinajstić information content (AvgIpc) is 3.08. The summed E-state index contributed by atoms with van der Waals surface area (Å²) in [6.07, 6.45) is 7.97. The van der Waals surface area contributed by atoms with Crippen molar-refractivity contribution in [3.05, 3.63) is 35.4 Å². The van der Waals surface area contributed by atoms with Crippen molar-refractivity contribution in [3.63, 3.8) is 0 Å². The molecule has 0 spiro atoms. The Morgan fingerprint density at radius 3 is 2.76 bits per heavy atom. The molecule has 2 saturated carbocycles. The van der Waals surface area contributed by atoms with Crippen molar-refractivity contribution in [2.75, 3.05) is 0 Å². The van der Waals surface area contributed by atoms with Crippen LogP contribution in [0.2, 0.25) is 0 Å². The van der Waals surface area contributed by atoms with Gasteiger partial charge in [0.05, 0.1) is 0 Å². The number of hydrogen-bond donors (Lipinski definition) is 1. The van der Waals surface area contributed by atoms with Crippen molar-refractivity contribution in [1.82, 2.24) is 0 Å². The molecule has 3 aliphatic rings. The molecule has 0 saturated heterocycles. The van der Waals surface area contributed by atoms with Gasteiger partial charge >= 0.3 is 0 Å². The number of hydrogen-bond acceptors (Lipinski definition) is 2. The number of nitrogens with two attached hydrogens (primary N) is 1. The van der Waals surface area contributed by atoms with Crippen LogP contribution in [0.15, 0.2) is 24.3 Å². The predicted molar refractivity (Wildman–Crippen MR) is 84.0 cm³/mol. The highest BCUT2D eigenvalue weighted by atomic mass is 16.1. The summed E-state index contributed by atoms with van der Waals surface area (Å²) < 4.78 is 0. The van der Waals surface area contributed by atoms with Gasteiger partial charge in [0.1, 0.15) is 5.78 Å². The minimum atomic E-state index is 0.148. The highest BCUT2D eigenvalue weighted by Gasteiger charge is 2.48. The lowest BCUT2D eigenvalue weighted by atomic mass is 9.75. The van der Waals surface area contributed by atoms with Crippen LogP contribution in [0.4, 0.5) is 0 Å². The van der Waals surface area contributed by atoms with Crippen LogP contribution in [0.1, 0.15) is 55.6 Å². The third-order valence-electron chi connectivity index (χ3n) is 6.29. The average molecular weight is 283 g/mol. The van der Waals surface area contributed by atoms with Crippen LogP contribution in [0.3, 0.4) is 0 Å². The minimum Gasteiger partial charge on any atom is -0.327 e. The Balaban J connectivity index is 1.51. The zero-order chi connectivity index (χ0) is 14.4. The number of fused-ring (bicyclic) bond motifs is 3. The van der Waals surface area contributed by atoms with Crippen molar-refractivity contribution >= 4 is 5.78 Å². The van der Waals surface area contributed by atoms with Crippen LogP contribution in [0.5, 0.6) is 0 Å². The van der Waals surface area contributed by atoms with E-state index in [-0.39, 0.29) is 12.0 Å². The minimum absolute atomic E-state index is 0.148. The third-order valence-corrected chi connectivity index (χ3v) is 6.29. The highest BCUT2D eigenvalue weighted by Crippen LogP contribution is 2.49. The molecule has 4 rings (SSSR count). The molecule has 1 aromatic carbocycles. The van der Waals surface area contributed by atoms with Crippen LogP contribution in [-0.4, -0.2) is 11.8 Å². The summed E-state index contributed by atoms with van der Waals surface area (Å²) in [7, 11) is 0. The number of carbonyl (C=O) groups excluding carboxylic acids is 1. The third kappa shape index (κ3) is 2.24. The van der Waals surface area contributed by atoms with Gasteiger partial charge < -0.3 is 5.73 Å². The topological polar surface area (TPSA) is 43.1 Å². The lowest BCUT2D eigenvalue weighted by Crippen LogP contribution is -2.40. The molecule has 1 aromatic rings. The molecule has 0 aliphatic heterocycles. The van der Waals surface area contributed by atoms with E-state index < -0.39 is 0 Å². The fourth-order valence-corrected chi connectivity index (χ4v) is 5.26. The van der Waals surface area contributed by atoms with Crippen LogP contribution in [-0.2, 0) is 11.2 Å². The van der Waals surface area contributed by atoms with E-state index in [1.807, 2.05) is 0 Å². The Morgan fingerprint density at radius 1 is 1.14 bits per heavy atom. The molecule has 112 valence electrons. The quantitative estimate of drug-likeness (QED) is 0.923. The highest BCUT2D eigenvalue weighted by molar-refractivity contribution is 5.83. The lowest BCUT2D eigenvalue weighted by Gasteiger charge is -2.30. The standard InChI is InChI=1S/C19H25NO/c20-19-15-9-8-14(10-15)18(19)17(21)11-13-6-3-5-12-4-1-2-7-16(12)13/h1-2,4,7,13-15,18-19H,3,5-6,8-11,20H2. The summed E-state index contributed by atoms with van der Waals surface area (Å²) in [5.74, 6) is 2.28. The largest absolute Gasteiger partial charge is 0.327 e. The van der Waals surface area contributed by atoms with Gasteiger partial charge in [0.2, 0.25) is 0 Å². The molecule has 5 unspecified atom stereocenters. The fourth-order valence-electron chi connectivity index (χ4n) is 5.26. The summed E-state index contributed by atoms with van der Waals surface area (Å²) in [4.78, 5) is 12.8.